The number of ether oxygens (including phenoxy) is 1. The Bertz CT molecular complexity index is 574. The molecule has 0 aliphatic carbocycles. The van der Waals surface area contributed by atoms with Crippen molar-refractivity contribution < 1.29 is 22.3 Å². The van der Waals surface area contributed by atoms with E-state index in [1.807, 2.05) is 24.3 Å². The lowest BCUT2D eigenvalue weighted by molar-refractivity contribution is -0.378. The average molecular weight is 391 g/mol. The van der Waals surface area contributed by atoms with E-state index in [4.69, 9.17) is 0 Å². The minimum Gasteiger partial charge on any atom is -0.316 e. The zero-order chi connectivity index (χ0) is 20.9. The van der Waals surface area contributed by atoms with Gasteiger partial charge in [0.1, 0.15) is 0 Å². The summed E-state index contributed by atoms with van der Waals surface area (Å²) in [5, 5.41) is 0. The van der Waals surface area contributed by atoms with E-state index in [1.54, 1.807) is 0 Å². The molecule has 1 aromatic carbocycles. The predicted octanol–water partition coefficient (Wildman–Crippen LogP) is 7.38. The Morgan fingerprint density at radius 1 is 0.815 bits per heavy atom. The summed E-state index contributed by atoms with van der Waals surface area (Å²) in [4.78, 5) is 0. The Hall–Kier alpha value is -1.10. The Balaban J connectivity index is 2.62. The van der Waals surface area contributed by atoms with E-state index in [0.717, 1.165) is 12.0 Å². The number of hydrogen-bond donors (Lipinski definition) is 0. The Morgan fingerprint density at radius 2 is 1.33 bits per heavy atom. The third-order valence-electron chi connectivity index (χ3n) is 6.20. The normalized spacial score (nSPS) is 13.9. The van der Waals surface area contributed by atoms with Gasteiger partial charge < -0.3 is 4.74 Å². The molecule has 0 fully saturated rings. The molecule has 0 atom stereocenters. The maximum atomic E-state index is 14.3. The quantitative estimate of drug-likeness (QED) is 0.283. The van der Waals surface area contributed by atoms with Crippen LogP contribution >= 0.6 is 0 Å². The van der Waals surface area contributed by atoms with Crippen molar-refractivity contribution in [1.29, 1.82) is 0 Å². The number of alkyl halides is 4. The fourth-order valence-electron chi connectivity index (χ4n) is 2.94. The molecule has 5 heteroatoms. The van der Waals surface area contributed by atoms with Crippen molar-refractivity contribution in [3.63, 3.8) is 0 Å². The van der Waals surface area contributed by atoms with Gasteiger partial charge in [-0.05, 0) is 48.6 Å². The maximum Gasteiger partial charge on any atom is 0.419 e. The van der Waals surface area contributed by atoms with Crippen molar-refractivity contribution in [2.45, 2.75) is 91.1 Å². The van der Waals surface area contributed by atoms with Crippen LogP contribution in [-0.2, 0) is 16.6 Å². The molecular formula is C22H34F4O. The minimum absolute atomic E-state index is 0.0457. The van der Waals surface area contributed by atoms with Crippen LogP contribution in [-0.4, -0.2) is 18.6 Å². The van der Waals surface area contributed by atoms with E-state index in [0.29, 0.717) is 6.42 Å². The molecule has 27 heavy (non-hydrogen) atoms. The van der Waals surface area contributed by atoms with E-state index >= 15 is 0 Å². The van der Waals surface area contributed by atoms with Crippen LogP contribution in [0, 0.1) is 5.41 Å². The highest BCUT2D eigenvalue weighted by atomic mass is 19.3. The number of halogens is 4. The molecule has 0 bridgehead atoms. The van der Waals surface area contributed by atoms with E-state index in [2.05, 4.69) is 25.5 Å². The summed E-state index contributed by atoms with van der Waals surface area (Å²) >= 11 is 0. The van der Waals surface area contributed by atoms with Gasteiger partial charge in [-0.1, -0.05) is 65.8 Å². The topological polar surface area (TPSA) is 9.23 Å². The van der Waals surface area contributed by atoms with Crippen LogP contribution in [0.25, 0.3) is 0 Å². The second kappa shape index (κ2) is 8.93. The van der Waals surface area contributed by atoms with Gasteiger partial charge in [-0.3, -0.25) is 0 Å². The molecule has 1 nitrogen and oxygen atoms in total. The van der Waals surface area contributed by atoms with Crippen LogP contribution in [0.5, 0.6) is 0 Å². The average Bonchev–Trinajstić information content (AvgIpc) is 2.64. The molecule has 0 aliphatic rings. The van der Waals surface area contributed by atoms with Gasteiger partial charge >= 0.3 is 12.0 Å². The number of hydrogen-bond acceptors (Lipinski definition) is 1. The first-order valence-electron chi connectivity index (χ1n) is 9.86. The van der Waals surface area contributed by atoms with Crippen molar-refractivity contribution >= 4 is 0 Å². The van der Waals surface area contributed by atoms with Crippen molar-refractivity contribution in [2.24, 2.45) is 5.41 Å². The molecule has 0 aliphatic heterocycles. The summed E-state index contributed by atoms with van der Waals surface area (Å²) in [5.41, 5.74) is 0.490. The summed E-state index contributed by atoms with van der Waals surface area (Å²) in [5.74, 6) is -4.21. The number of benzene rings is 1. The van der Waals surface area contributed by atoms with Gasteiger partial charge in [0, 0.05) is 5.41 Å². The standard InChI is InChI=1S/C22H34F4O/c1-7-19(4,5)18-14-12-17(13-15-18)11-10-16-27-22(25,26)21(23,24)20(6,8-2)9-3/h12-15H,7-11,16H2,1-6H3. The van der Waals surface area contributed by atoms with Crippen LogP contribution in [0.15, 0.2) is 24.3 Å². The van der Waals surface area contributed by atoms with Crippen molar-refractivity contribution in [3.8, 4) is 0 Å². The van der Waals surface area contributed by atoms with E-state index in [-0.39, 0.29) is 24.7 Å². The van der Waals surface area contributed by atoms with Crippen molar-refractivity contribution in [2.75, 3.05) is 6.61 Å². The lowest BCUT2D eigenvalue weighted by Gasteiger charge is -2.39. The molecule has 1 aromatic rings. The van der Waals surface area contributed by atoms with Gasteiger partial charge in [0.25, 0.3) is 0 Å². The molecule has 0 N–H and O–H groups in total. The van der Waals surface area contributed by atoms with Gasteiger partial charge in [-0.15, -0.1) is 0 Å². The summed E-state index contributed by atoms with van der Waals surface area (Å²) in [6, 6.07) is 8.00. The van der Waals surface area contributed by atoms with Crippen LogP contribution in [0.4, 0.5) is 17.6 Å². The molecule has 0 heterocycles. The van der Waals surface area contributed by atoms with E-state index in [9.17, 15) is 17.6 Å². The smallest absolute Gasteiger partial charge is 0.316 e. The minimum atomic E-state index is -4.47. The number of aryl methyl sites for hydroxylation is 1. The lowest BCUT2D eigenvalue weighted by atomic mass is 9.77. The highest BCUT2D eigenvalue weighted by Crippen LogP contribution is 2.51. The summed E-state index contributed by atoms with van der Waals surface area (Å²) < 4.78 is 61.1. The van der Waals surface area contributed by atoms with Crippen LogP contribution in [0.3, 0.4) is 0 Å². The fourth-order valence-corrected chi connectivity index (χ4v) is 2.94. The third-order valence-corrected chi connectivity index (χ3v) is 6.20. The highest BCUT2D eigenvalue weighted by molar-refractivity contribution is 5.28. The molecule has 0 unspecified atom stereocenters. The summed E-state index contributed by atoms with van der Waals surface area (Å²) in [7, 11) is 0. The first kappa shape index (κ1) is 23.9. The molecular weight excluding hydrogens is 356 g/mol. The first-order valence-corrected chi connectivity index (χ1v) is 9.86. The SMILES string of the molecule is CCC(C)(C)c1ccc(CCCOC(F)(F)C(F)(F)C(C)(CC)CC)cc1. The molecule has 0 spiro atoms. The third kappa shape index (κ3) is 5.24. The van der Waals surface area contributed by atoms with Gasteiger partial charge in [0.2, 0.25) is 0 Å². The van der Waals surface area contributed by atoms with Crippen LogP contribution < -0.4 is 0 Å². The molecule has 1 rings (SSSR count). The lowest BCUT2D eigenvalue weighted by Crippen LogP contribution is -2.53. The zero-order valence-electron chi connectivity index (χ0n) is 17.5. The van der Waals surface area contributed by atoms with Crippen LogP contribution in [0.1, 0.15) is 78.4 Å². The molecule has 0 saturated carbocycles. The molecule has 0 aromatic heterocycles. The molecule has 0 saturated heterocycles. The largest absolute Gasteiger partial charge is 0.419 e. The predicted molar refractivity (Wildman–Crippen MR) is 103 cm³/mol. The fraction of sp³-hybridized carbons (Fsp3) is 0.727. The highest BCUT2D eigenvalue weighted by Gasteiger charge is 2.66. The first-order chi connectivity index (χ1) is 12.4. The van der Waals surface area contributed by atoms with Crippen molar-refractivity contribution in [1.82, 2.24) is 0 Å². The van der Waals surface area contributed by atoms with Crippen molar-refractivity contribution in [3.05, 3.63) is 35.4 Å². The van der Waals surface area contributed by atoms with Gasteiger partial charge in [-0.25, -0.2) is 0 Å². The zero-order valence-corrected chi connectivity index (χ0v) is 17.5. The maximum absolute atomic E-state index is 14.3. The summed E-state index contributed by atoms with van der Waals surface area (Å²) in [6.07, 6.45) is -2.78. The van der Waals surface area contributed by atoms with Crippen LogP contribution in [0.2, 0.25) is 0 Å². The monoisotopic (exact) mass is 390 g/mol. The summed E-state index contributed by atoms with van der Waals surface area (Å²) in [6.45, 7) is 10.2. The Morgan fingerprint density at radius 3 is 1.78 bits per heavy atom. The van der Waals surface area contributed by atoms with Gasteiger partial charge in [-0.2, -0.15) is 17.6 Å². The number of rotatable bonds is 11. The molecule has 0 amide bonds. The van der Waals surface area contributed by atoms with E-state index in [1.165, 1.54) is 26.3 Å². The second-order valence-corrected chi connectivity index (χ2v) is 8.25. The Kier molecular flexibility index (Phi) is 7.92. The Labute approximate surface area is 161 Å². The molecule has 156 valence electrons. The van der Waals surface area contributed by atoms with Gasteiger partial charge in [0.05, 0.1) is 6.61 Å². The van der Waals surface area contributed by atoms with Gasteiger partial charge in [0.15, 0.2) is 0 Å². The van der Waals surface area contributed by atoms with E-state index < -0.39 is 24.1 Å². The molecule has 0 radical (unpaired) electrons. The second-order valence-electron chi connectivity index (χ2n) is 8.25.